The van der Waals surface area contributed by atoms with Gasteiger partial charge in [0.15, 0.2) is 0 Å². The number of hydrogen-bond donors (Lipinski definition) is 0. The minimum Gasteiger partial charge on any atom is -0.496 e. The van der Waals surface area contributed by atoms with Crippen molar-refractivity contribution in [1.29, 1.82) is 0 Å². The van der Waals surface area contributed by atoms with Crippen molar-refractivity contribution in [2.75, 3.05) is 14.2 Å². The lowest BCUT2D eigenvalue weighted by Crippen LogP contribution is -1.93. The maximum atomic E-state index is 5.42. The lowest BCUT2D eigenvalue weighted by Gasteiger charge is -2.10. The van der Waals surface area contributed by atoms with Crippen LogP contribution in [0.3, 0.4) is 0 Å². The van der Waals surface area contributed by atoms with E-state index in [0.29, 0.717) is 5.25 Å². The molecule has 0 N–H and O–H groups in total. The fourth-order valence-corrected chi connectivity index (χ4v) is 2.26. The first-order valence-electron chi connectivity index (χ1n) is 6.33. The summed E-state index contributed by atoms with van der Waals surface area (Å²) in [6.45, 7) is 4.24. The van der Waals surface area contributed by atoms with Crippen molar-refractivity contribution in [3.8, 4) is 22.7 Å². The van der Waals surface area contributed by atoms with Crippen LogP contribution in [0.15, 0.2) is 24.4 Å². The van der Waals surface area contributed by atoms with E-state index in [1.807, 2.05) is 18.2 Å². The second-order valence-corrected chi connectivity index (χ2v) is 5.83. The molecule has 0 atom stereocenters. The molecule has 3 nitrogen and oxygen atoms in total. The van der Waals surface area contributed by atoms with E-state index < -0.39 is 0 Å². The number of methoxy groups -OCH3 is 2. The Bertz CT molecular complexity index is 671. The van der Waals surface area contributed by atoms with Gasteiger partial charge < -0.3 is 9.47 Å². The van der Waals surface area contributed by atoms with Crippen LogP contribution in [0.5, 0.6) is 11.5 Å². The first kappa shape index (κ1) is 14.5. The molecule has 0 aliphatic rings. The summed E-state index contributed by atoms with van der Waals surface area (Å²) in [6, 6.07) is 5.63. The highest BCUT2D eigenvalue weighted by atomic mass is 32.2. The molecule has 0 spiro atoms. The van der Waals surface area contributed by atoms with Crippen LogP contribution in [0.4, 0.5) is 0 Å². The van der Waals surface area contributed by atoms with Gasteiger partial charge in [0.2, 0.25) is 0 Å². The third-order valence-corrected chi connectivity index (χ3v) is 3.43. The number of benzene rings is 1. The minimum absolute atomic E-state index is 0.479. The van der Waals surface area contributed by atoms with E-state index in [4.69, 9.17) is 9.47 Å². The van der Waals surface area contributed by atoms with Crippen LogP contribution in [0, 0.1) is 11.2 Å². The third kappa shape index (κ3) is 3.00. The molecule has 0 radical (unpaired) electrons. The number of rotatable bonds is 3. The lowest BCUT2D eigenvalue weighted by molar-refractivity contribution is 0.409. The highest BCUT2D eigenvalue weighted by molar-refractivity contribution is 8.04. The number of ether oxygens (including phenoxy) is 2. The molecule has 0 aliphatic carbocycles. The zero-order chi connectivity index (χ0) is 14.5. The maximum Gasteiger partial charge on any atom is 0.145 e. The molecule has 0 saturated heterocycles. The number of aromatic nitrogens is 1. The first-order chi connectivity index (χ1) is 9.67. The van der Waals surface area contributed by atoms with Gasteiger partial charge in [0.05, 0.1) is 19.6 Å². The molecule has 1 aromatic heterocycles. The van der Waals surface area contributed by atoms with Gasteiger partial charge in [0.1, 0.15) is 17.0 Å². The van der Waals surface area contributed by atoms with Gasteiger partial charge in [-0.1, -0.05) is 31.5 Å². The van der Waals surface area contributed by atoms with E-state index in [1.54, 1.807) is 32.2 Å². The summed E-state index contributed by atoms with van der Waals surface area (Å²) in [5, 5.41) is 4.50. The smallest absolute Gasteiger partial charge is 0.145 e. The minimum atomic E-state index is 0.479. The van der Waals surface area contributed by atoms with Gasteiger partial charge in [-0.05, 0) is 23.5 Å². The summed E-state index contributed by atoms with van der Waals surface area (Å²) in [6.07, 6.45) is 1.74. The lowest BCUT2D eigenvalue weighted by atomic mass is 10.1. The van der Waals surface area contributed by atoms with Gasteiger partial charge in [0.25, 0.3) is 0 Å². The second kappa shape index (κ2) is 6.53. The molecule has 0 unspecified atom stereocenters. The van der Waals surface area contributed by atoms with Crippen molar-refractivity contribution in [3.63, 3.8) is 0 Å². The van der Waals surface area contributed by atoms with E-state index in [1.165, 1.54) is 0 Å². The van der Waals surface area contributed by atoms with Crippen molar-refractivity contribution in [1.82, 2.24) is 4.98 Å². The third-order valence-electron chi connectivity index (χ3n) is 2.74. The van der Waals surface area contributed by atoms with Crippen LogP contribution >= 0.6 is 11.8 Å². The van der Waals surface area contributed by atoms with Crippen LogP contribution in [0.2, 0.25) is 0 Å². The number of nitrogens with zero attached hydrogens (tertiary/aromatic N) is 1. The summed E-state index contributed by atoms with van der Waals surface area (Å²) >= 11 is 1.60. The highest BCUT2D eigenvalue weighted by Crippen LogP contribution is 2.33. The quantitative estimate of drug-likeness (QED) is 0.805. The zero-order valence-electron chi connectivity index (χ0n) is 12.1. The van der Waals surface area contributed by atoms with Crippen LogP contribution in [-0.4, -0.2) is 24.5 Å². The Morgan fingerprint density at radius 1 is 1.10 bits per heavy atom. The molecule has 0 fully saturated rings. The first-order valence-corrected chi connectivity index (χ1v) is 7.21. The maximum absolute atomic E-state index is 5.42. The Balaban J connectivity index is 2.62. The van der Waals surface area contributed by atoms with Crippen molar-refractivity contribution in [2.24, 2.45) is 0 Å². The molecular weight excluding hydrogens is 270 g/mol. The standard InChI is InChI=1S/C16H17NO2S/c1-11(2)20-10-8-12-7-9-17-16-14(19-4)6-5-13(18-3)15(12)16/h5-7,9,11H,1-4H3. The van der Waals surface area contributed by atoms with Crippen LogP contribution < -0.4 is 9.47 Å². The van der Waals surface area contributed by atoms with E-state index in [9.17, 15) is 0 Å². The van der Waals surface area contributed by atoms with E-state index in [2.05, 4.69) is 30.0 Å². The topological polar surface area (TPSA) is 31.4 Å². The summed E-state index contributed by atoms with van der Waals surface area (Å²) < 4.78 is 10.8. The summed E-state index contributed by atoms with van der Waals surface area (Å²) in [5.74, 6) is 4.66. The molecule has 0 amide bonds. The zero-order valence-corrected chi connectivity index (χ0v) is 12.9. The largest absolute Gasteiger partial charge is 0.496 e. The number of pyridine rings is 1. The average molecular weight is 287 g/mol. The highest BCUT2D eigenvalue weighted by Gasteiger charge is 2.11. The fraction of sp³-hybridized carbons (Fsp3) is 0.312. The van der Waals surface area contributed by atoms with Crippen molar-refractivity contribution >= 4 is 22.7 Å². The monoisotopic (exact) mass is 287 g/mol. The van der Waals surface area contributed by atoms with Crippen molar-refractivity contribution in [2.45, 2.75) is 19.1 Å². The molecule has 1 aromatic carbocycles. The summed E-state index contributed by atoms with van der Waals surface area (Å²) in [4.78, 5) is 4.38. The Kier molecular flexibility index (Phi) is 4.75. The van der Waals surface area contributed by atoms with E-state index >= 15 is 0 Å². The SMILES string of the molecule is COc1ccc(OC)c2c(C#CSC(C)C)ccnc12. The van der Waals surface area contributed by atoms with Gasteiger partial charge in [-0.15, -0.1) is 0 Å². The second-order valence-electron chi connectivity index (χ2n) is 4.45. The normalized spacial score (nSPS) is 10.2. The number of thioether (sulfide) groups is 1. The van der Waals surface area contributed by atoms with Gasteiger partial charge >= 0.3 is 0 Å². The Morgan fingerprint density at radius 2 is 1.80 bits per heavy atom. The fourth-order valence-electron chi connectivity index (χ4n) is 1.85. The predicted molar refractivity (Wildman–Crippen MR) is 84.5 cm³/mol. The summed E-state index contributed by atoms with van der Waals surface area (Å²) in [5.41, 5.74) is 1.67. The summed E-state index contributed by atoms with van der Waals surface area (Å²) in [7, 11) is 3.28. The van der Waals surface area contributed by atoms with Gasteiger partial charge in [-0.2, -0.15) is 0 Å². The van der Waals surface area contributed by atoms with Crippen molar-refractivity contribution in [3.05, 3.63) is 30.0 Å². The molecule has 2 aromatic rings. The van der Waals surface area contributed by atoms with E-state index in [0.717, 1.165) is 28.0 Å². The molecule has 104 valence electrons. The van der Waals surface area contributed by atoms with Gasteiger partial charge in [-0.25, -0.2) is 0 Å². The predicted octanol–water partition coefficient (Wildman–Crippen LogP) is 3.70. The molecule has 4 heteroatoms. The Hall–Kier alpha value is -1.86. The van der Waals surface area contributed by atoms with Crippen LogP contribution in [0.1, 0.15) is 19.4 Å². The van der Waals surface area contributed by atoms with E-state index in [-0.39, 0.29) is 0 Å². The molecule has 20 heavy (non-hydrogen) atoms. The number of hydrogen-bond acceptors (Lipinski definition) is 4. The molecule has 1 heterocycles. The molecular formula is C16H17NO2S. The number of fused-ring (bicyclic) bond motifs is 1. The van der Waals surface area contributed by atoms with Gasteiger partial charge in [0, 0.05) is 17.0 Å². The van der Waals surface area contributed by atoms with Gasteiger partial charge in [-0.3, -0.25) is 4.98 Å². The molecule has 2 rings (SSSR count). The van der Waals surface area contributed by atoms with Crippen LogP contribution in [-0.2, 0) is 0 Å². The Morgan fingerprint density at radius 3 is 2.45 bits per heavy atom. The Labute approximate surface area is 123 Å². The van der Waals surface area contributed by atoms with Crippen LogP contribution in [0.25, 0.3) is 10.9 Å². The van der Waals surface area contributed by atoms with Crippen molar-refractivity contribution < 1.29 is 9.47 Å². The molecule has 0 aliphatic heterocycles. The molecule has 0 bridgehead atoms. The molecule has 0 saturated carbocycles. The average Bonchev–Trinajstić information content (AvgIpc) is 2.45.